The van der Waals surface area contributed by atoms with E-state index in [0.29, 0.717) is 5.54 Å². The minimum Gasteiger partial charge on any atom is -0.371 e. The summed E-state index contributed by atoms with van der Waals surface area (Å²) in [6.07, 6.45) is 5.22. The Morgan fingerprint density at radius 1 is 1.20 bits per heavy atom. The molecule has 0 radical (unpaired) electrons. The van der Waals surface area contributed by atoms with Gasteiger partial charge >= 0.3 is 0 Å². The van der Waals surface area contributed by atoms with E-state index in [4.69, 9.17) is 0 Å². The predicted octanol–water partition coefficient (Wildman–Crippen LogP) is 2.87. The highest BCUT2D eigenvalue weighted by Gasteiger charge is 2.35. The first-order chi connectivity index (χ1) is 9.74. The summed E-state index contributed by atoms with van der Waals surface area (Å²) >= 11 is 0. The molecule has 0 spiro atoms. The van der Waals surface area contributed by atoms with Crippen LogP contribution in [0, 0.1) is 0 Å². The molecule has 1 saturated heterocycles. The lowest BCUT2D eigenvalue weighted by molar-refractivity contribution is 0.344. The molecule has 2 aliphatic rings. The lowest BCUT2D eigenvalue weighted by atomic mass is 9.90. The SMILES string of the molecule is CCCC1(CN2CCN(C)c3ccccc32)CCCN1. The molecule has 0 amide bonds. The molecular formula is C17H27N3. The monoisotopic (exact) mass is 273 g/mol. The Morgan fingerprint density at radius 2 is 2.00 bits per heavy atom. The van der Waals surface area contributed by atoms with Crippen molar-refractivity contribution >= 4 is 11.4 Å². The van der Waals surface area contributed by atoms with Crippen molar-refractivity contribution in [2.75, 3.05) is 43.0 Å². The molecule has 1 fully saturated rings. The fraction of sp³-hybridized carbons (Fsp3) is 0.647. The second kappa shape index (κ2) is 5.65. The highest BCUT2D eigenvalue weighted by atomic mass is 15.3. The lowest BCUT2D eigenvalue weighted by Gasteiger charge is -2.42. The van der Waals surface area contributed by atoms with Gasteiger partial charge < -0.3 is 15.1 Å². The molecule has 1 atom stereocenters. The van der Waals surface area contributed by atoms with Crippen molar-refractivity contribution in [3.05, 3.63) is 24.3 Å². The summed E-state index contributed by atoms with van der Waals surface area (Å²) in [6.45, 7) is 6.92. The van der Waals surface area contributed by atoms with E-state index in [-0.39, 0.29) is 0 Å². The van der Waals surface area contributed by atoms with Crippen LogP contribution in [0.2, 0.25) is 0 Å². The molecule has 3 nitrogen and oxygen atoms in total. The van der Waals surface area contributed by atoms with E-state index in [9.17, 15) is 0 Å². The van der Waals surface area contributed by atoms with E-state index >= 15 is 0 Å². The number of para-hydroxylation sites is 2. The topological polar surface area (TPSA) is 18.5 Å². The van der Waals surface area contributed by atoms with E-state index in [1.165, 1.54) is 43.6 Å². The molecule has 1 N–H and O–H groups in total. The average molecular weight is 273 g/mol. The van der Waals surface area contributed by atoms with Crippen molar-refractivity contribution < 1.29 is 0 Å². The summed E-state index contributed by atoms with van der Waals surface area (Å²) < 4.78 is 0. The molecule has 3 rings (SSSR count). The Labute approximate surface area is 123 Å². The number of hydrogen-bond donors (Lipinski definition) is 1. The van der Waals surface area contributed by atoms with Crippen LogP contribution in [0.5, 0.6) is 0 Å². The molecule has 20 heavy (non-hydrogen) atoms. The van der Waals surface area contributed by atoms with Crippen LogP contribution in [0.1, 0.15) is 32.6 Å². The highest BCUT2D eigenvalue weighted by molar-refractivity contribution is 5.73. The van der Waals surface area contributed by atoms with Gasteiger partial charge in [-0.1, -0.05) is 25.5 Å². The first-order valence-electron chi connectivity index (χ1n) is 8.04. The zero-order valence-electron chi connectivity index (χ0n) is 12.9. The molecule has 2 heterocycles. The van der Waals surface area contributed by atoms with Gasteiger partial charge in [-0.3, -0.25) is 0 Å². The van der Waals surface area contributed by atoms with Crippen molar-refractivity contribution in [2.24, 2.45) is 0 Å². The molecular weight excluding hydrogens is 246 g/mol. The molecule has 3 heteroatoms. The third-order valence-corrected chi connectivity index (χ3v) is 4.89. The van der Waals surface area contributed by atoms with E-state index in [1.54, 1.807) is 0 Å². The maximum absolute atomic E-state index is 3.81. The van der Waals surface area contributed by atoms with Gasteiger partial charge in [-0.25, -0.2) is 0 Å². The van der Waals surface area contributed by atoms with Gasteiger partial charge in [0.2, 0.25) is 0 Å². The largest absolute Gasteiger partial charge is 0.371 e. The molecule has 1 aromatic rings. The quantitative estimate of drug-likeness (QED) is 0.910. The Morgan fingerprint density at radius 3 is 2.70 bits per heavy atom. The number of nitrogens with zero attached hydrogens (tertiary/aromatic N) is 2. The molecule has 2 aliphatic heterocycles. The third kappa shape index (κ3) is 2.51. The van der Waals surface area contributed by atoms with Gasteiger partial charge in [0.05, 0.1) is 11.4 Å². The van der Waals surface area contributed by atoms with Crippen LogP contribution in [0.4, 0.5) is 11.4 Å². The Hall–Kier alpha value is -1.22. The Bertz CT molecular complexity index is 451. The Balaban J connectivity index is 1.82. The zero-order chi connectivity index (χ0) is 14.0. The number of hydrogen-bond acceptors (Lipinski definition) is 3. The van der Waals surface area contributed by atoms with Crippen LogP contribution in [-0.2, 0) is 0 Å². The third-order valence-electron chi connectivity index (χ3n) is 4.89. The van der Waals surface area contributed by atoms with E-state index in [2.05, 4.69) is 53.4 Å². The van der Waals surface area contributed by atoms with E-state index in [1.807, 2.05) is 0 Å². The van der Waals surface area contributed by atoms with Crippen LogP contribution in [-0.4, -0.2) is 38.8 Å². The van der Waals surface area contributed by atoms with Crippen molar-refractivity contribution in [3.63, 3.8) is 0 Å². The number of likely N-dealkylation sites (N-methyl/N-ethyl adjacent to an activating group) is 1. The summed E-state index contributed by atoms with van der Waals surface area (Å²) in [6, 6.07) is 8.84. The molecule has 0 aliphatic carbocycles. The van der Waals surface area contributed by atoms with Crippen LogP contribution >= 0.6 is 0 Å². The average Bonchev–Trinajstić information content (AvgIpc) is 2.91. The van der Waals surface area contributed by atoms with Gasteiger partial charge in [0.15, 0.2) is 0 Å². The lowest BCUT2D eigenvalue weighted by Crippen LogP contribution is -2.52. The minimum atomic E-state index is 0.345. The van der Waals surface area contributed by atoms with Gasteiger partial charge in [-0.15, -0.1) is 0 Å². The number of fused-ring (bicyclic) bond motifs is 1. The number of anilines is 2. The summed E-state index contributed by atoms with van der Waals surface area (Å²) in [7, 11) is 2.20. The van der Waals surface area contributed by atoms with Gasteiger partial charge in [0.1, 0.15) is 0 Å². The summed E-state index contributed by atoms with van der Waals surface area (Å²) in [5, 5.41) is 3.81. The van der Waals surface area contributed by atoms with E-state index in [0.717, 1.165) is 19.6 Å². The molecule has 0 saturated carbocycles. The van der Waals surface area contributed by atoms with Gasteiger partial charge in [-0.05, 0) is 37.9 Å². The van der Waals surface area contributed by atoms with E-state index < -0.39 is 0 Å². The predicted molar refractivity (Wildman–Crippen MR) is 86.8 cm³/mol. The number of nitrogens with one attached hydrogen (secondary N) is 1. The molecule has 0 aromatic heterocycles. The first-order valence-corrected chi connectivity index (χ1v) is 8.04. The first kappa shape index (κ1) is 13.7. The van der Waals surface area contributed by atoms with Crippen molar-refractivity contribution in [3.8, 4) is 0 Å². The van der Waals surface area contributed by atoms with Crippen LogP contribution in [0.3, 0.4) is 0 Å². The van der Waals surface area contributed by atoms with Crippen molar-refractivity contribution in [1.29, 1.82) is 0 Å². The second-order valence-corrected chi connectivity index (χ2v) is 6.39. The highest BCUT2D eigenvalue weighted by Crippen LogP contribution is 2.35. The molecule has 0 bridgehead atoms. The standard InChI is InChI=1S/C17H27N3/c1-3-9-17(10-6-11-18-17)14-20-13-12-19(2)15-7-4-5-8-16(15)20/h4-5,7-8,18H,3,6,9-14H2,1-2H3. The summed E-state index contributed by atoms with van der Waals surface area (Å²) in [4.78, 5) is 4.98. The summed E-state index contributed by atoms with van der Waals surface area (Å²) in [5.74, 6) is 0. The molecule has 1 aromatic carbocycles. The fourth-order valence-corrected chi connectivity index (χ4v) is 3.87. The van der Waals surface area contributed by atoms with Crippen LogP contribution < -0.4 is 15.1 Å². The van der Waals surface area contributed by atoms with Gasteiger partial charge in [0, 0.05) is 32.2 Å². The smallest absolute Gasteiger partial charge is 0.0605 e. The zero-order valence-corrected chi connectivity index (χ0v) is 12.9. The number of benzene rings is 1. The molecule has 1 unspecified atom stereocenters. The minimum absolute atomic E-state index is 0.345. The second-order valence-electron chi connectivity index (χ2n) is 6.39. The molecule has 110 valence electrons. The Kier molecular flexibility index (Phi) is 3.88. The van der Waals surface area contributed by atoms with Crippen molar-refractivity contribution in [2.45, 2.75) is 38.1 Å². The maximum atomic E-state index is 3.81. The van der Waals surface area contributed by atoms with Crippen LogP contribution in [0.15, 0.2) is 24.3 Å². The van der Waals surface area contributed by atoms with Gasteiger partial charge in [-0.2, -0.15) is 0 Å². The number of rotatable bonds is 4. The summed E-state index contributed by atoms with van der Waals surface area (Å²) in [5.41, 5.74) is 3.13. The maximum Gasteiger partial charge on any atom is 0.0605 e. The van der Waals surface area contributed by atoms with Crippen molar-refractivity contribution in [1.82, 2.24) is 5.32 Å². The van der Waals surface area contributed by atoms with Crippen LogP contribution in [0.25, 0.3) is 0 Å². The van der Waals surface area contributed by atoms with Gasteiger partial charge in [0.25, 0.3) is 0 Å². The normalized spacial score (nSPS) is 25.9. The fourth-order valence-electron chi connectivity index (χ4n) is 3.87.